The molecule has 1 heterocycles. The summed E-state index contributed by atoms with van der Waals surface area (Å²) >= 11 is 0. The van der Waals surface area contributed by atoms with Crippen LogP contribution in [-0.2, 0) is 4.74 Å². The predicted molar refractivity (Wildman–Crippen MR) is 67.8 cm³/mol. The summed E-state index contributed by atoms with van der Waals surface area (Å²) in [5, 5.41) is 4.04. The van der Waals surface area contributed by atoms with E-state index in [-0.39, 0.29) is 17.6 Å². The van der Waals surface area contributed by atoms with Gasteiger partial charge >= 0.3 is 0 Å². The fourth-order valence-electron chi connectivity index (χ4n) is 1.86. The van der Waals surface area contributed by atoms with Gasteiger partial charge in [0.05, 0.1) is 6.04 Å². The van der Waals surface area contributed by atoms with Crippen molar-refractivity contribution in [2.45, 2.75) is 52.7 Å². The van der Waals surface area contributed by atoms with E-state index in [0.717, 1.165) is 0 Å². The zero-order valence-corrected chi connectivity index (χ0v) is 11.6. The number of rotatable bonds is 5. The second-order valence-electron chi connectivity index (χ2n) is 6.05. The molecule has 0 bridgehead atoms. The van der Waals surface area contributed by atoms with Crippen LogP contribution in [0.5, 0.6) is 0 Å². The van der Waals surface area contributed by atoms with Crippen molar-refractivity contribution in [1.29, 1.82) is 0 Å². The van der Waals surface area contributed by atoms with Gasteiger partial charge in [-0.05, 0) is 31.1 Å². The highest BCUT2D eigenvalue weighted by Gasteiger charge is 2.37. The molecule has 2 rings (SSSR count). The van der Waals surface area contributed by atoms with Gasteiger partial charge in [-0.1, -0.05) is 25.9 Å². The molecule has 0 radical (unpaired) electrons. The van der Waals surface area contributed by atoms with Crippen LogP contribution in [0.1, 0.15) is 64.4 Å². The Bertz CT molecular complexity index is 393. The molecule has 1 aliphatic rings. The van der Waals surface area contributed by atoms with E-state index >= 15 is 0 Å². The van der Waals surface area contributed by atoms with Crippen molar-refractivity contribution in [3.63, 3.8) is 0 Å². The van der Waals surface area contributed by atoms with E-state index in [4.69, 9.17) is 15.0 Å². The van der Waals surface area contributed by atoms with E-state index in [0.29, 0.717) is 24.2 Å². The monoisotopic (exact) mass is 253 g/mol. The van der Waals surface area contributed by atoms with E-state index in [1.54, 1.807) is 0 Å². The van der Waals surface area contributed by atoms with Gasteiger partial charge in [-0.15, -0.1) is 0 Å². The molecule has 1 fully saturated rings. The summed E-state index contributed by atoms with van der Waals surface area (Å²) in [5.41, 5.74) is 6.02. The van der Waals surface area contributed by atoms with Gasteiger partial charge in [-0.3, -0.25) is 0 Å². The molecular weight excluding hydrogens is 230 g/mol. The van der Waals surface area contributed by atoms with E-state index < -0.39 is 0 Å². The highest BCUT2D eigenvalue weighted by atomic mass is 16.5. The second kappa shape index (κ2) is 4.97. The van der Waals surface area contributed by atoms with E-state index in [1.807, 2.05) is 6.92 Å². The molecule has 2 N–H and O–H groups in total. The quantitative estimate of drug-likeness (QED) is 0.873. The molecule has 0 saturated heterocycles. The summed E-state index contributed by atoms with van der Waals surface area (Å²) < 4.78 is 11.0. The highest BCUT2D eigenvalue weighted by Crippen LogP contribution is 2.42. The summed E-state index contributed by atoms with van der Waals surface area (Å²) in [6, 6.07) is -0.250. The second-order valence-corrected chi connectivity index (χ2v) is 6.05. The minimum Gasteiger partial charge on any atom is -0.370 e. The molecule has 1 aromatic rings. The molecule has 1 aromatic heterocycles. The van der Waals surface area contributed by atoms with Crippen LogP contribution in [0, 0.1) is 11.3 Å². The van der Waals surface area contributed by atoms with Crippen LogP contribution in [0.3, 0.4) is 0 Å². The van der Waals surface area contributed by atoms with Gasteiger partial charge in [0.25, 0.3) is 0 Å². The summed E-state index contributed by atoms with van der Waals surface area (Å²) in [6.45, 7) is 8.82. The third-order valence-electron chi connectivity index (χ3n) is 3.31. The average Bonchev–Trinajstić information content (AvgIpc) is 3.01. The number of aromatic nitrogens is 2. The zero-order chi connectivity index (χ0) is 13.3. The van der Waals surface area contributed by atoms with E-state index in [9.17, 15) is 0 Å². The Morgan fingerprint density at radius 2 is 2.11 bits per heavy atom. The number of hydrogen-bond acceptors (Lipinski definition) is 5. The first-order chi connectivity index (χ1) is 8.43. The third-order valence-corrected chi connectivity index (χ3v) is 3.31. The SMILES string of the molecule is CCOC(c1noc([C@@H](N)C(C)(C)C)n1)C1CC1. The van der Waals surface area contributed by atoms with Crippen molar-refractivity contribution in [2.75, 3.05) is 6.61 Å². The van der Waals surface area contributed by atoms with Gasteiger partial charge in [-0.25, -0.2) is 0 Å². The Morgan fingerprint density at radius 1 is 1.44 bits per heavy atom. The first-order valence-corrected chi connectivity index (χ1v) is 6.64. The van der Waals surface area contributed by atoms with Crippen LogP contribution >= 0.6 is 0 Å². The number of hydrogen-bond donors (Lipinski definition) is 1. The van der Waals surface area contributed by atoms with Gasteiger partial charge in [0.15, 0.2) is 0 Å². The summed E-state index contributed by atoms with van der Waals surface area (Å²) in [4.78, 5) is 4.43. The molecule has 18 heavy (non-hydrogen) atoms. The fraction of sp³-hybridized carbons (Fsp3) is 0.846. The zero-order valence-electron chi connectivity index (χ0n) is 11.6. The molecule has 2 atom stereocenters. The van der Waals surface area contributed by atoms with Crippen LogP contribution in [0.2, 0.25) is 0 Å². The Kier molecular flexibility index (Phi) is 3.73. The number of nitrogens with two attached hydrogens (primary N) is 1. The lowest BCUT2D eigenvalue weighted by atomic mass is 9.87. The maximum atomic E-state index is 6.11. The highest BCUT2D eigenvalue weighted by molar-refractivity contribution is 5.02. The van der Waals surface area contributed by atoms with Crippen LogP contribution in [0.15, 0.2) is 4.52 Å². The molecule has 0 spiro atoms. The summed E-state index contributed by atoms with van der Waals surface area (Å²) in [6.07, 6.45) is 2.33. The fourth-order valence-corrected chi connectivity index (χ4v) is 1.86. The summed E-state index contributed by atoms with van der Waals surface area (Å²) in [7, 11) is 0. The molecule has 102 valence electrons. The van der Waals surface area contributed by atoms with E-state index in [1.165, 1.54) is 12.8 Å². The first-order valence-electron chi connectivity index (χ1n) is 6.64. The minimum atomic E-state index is -0.250. The normalized spacial score (nSPS) is 19.8. The molecule has 0 aliphatic heterocycles. The molecule has 0 amide bonds. The van der Waals surface area contributed by atoms with Crippen molar-refractivity contribution in [2.24, 2.45) is 17.1 Å². The van der Waals surface area contributed by atoms with Gasteiger partial charge in [-0.2, -0.15) is 4.98 Å². The lowest BCUT2D eigenvalue weighted by molar-refractivity contribution is 0.0384. The Balaban J connectivity index is 2.13. The molecular formula is C13H23N3O2. The van der Waals surface area contributed by atoms with Gasteiger partial charge < -0.3 is 15.0 Å². The molecule has 5 nitrogen and oxygen atoms in total. The van der Waals surface area contributed by atoms with Crippen LogP contribution in [0.25, 0.3) is 0 Å². The standard InChI is InChI=1S/C13H23N3O2/c1-5-17-9(8-6-7-8)11-15-12(18-16-11)10(14)13(2,3)4/h8-10H,5-7,14H2,1-4H3/t9?,10-/m1/s1. The van der Waals surface area contributed by atoms with Crippen molar-refractivity contribution in [1.82, 2.24) is 10.1 Å². The Morgan fingerprint density at radius 3 is 2.61 bits per heavy atom. The first kappa shape index (κ1) is 13.5. The van der Waals surface area contributed by atoms with Crippen LogP contribution in [0.4, 0.5) is 0 Å². The van der Waals surface area contributed by atoms with Gasteiger partial charge in [0, 0.05) is 6.61 Å². The van der Waals surface area contributed by atoms with Gasteiger partial charge in [0.2, 0.25) is 11.7 Å². The molecule has 1 saturated carbocycles. The smallest absolute Gasteiger partial charge is 0.244 e. The third kappa shape index (κ3) is 2.90. The number of ether oxygens (including phenoxy) is 1. The molecule has 5 heteroatoms. The number of nitrogens with zero attached hydrogens (tertiary/aromatic N) is 2. The molecule has 1 aliphatic carbocycles. The lowest BCUT2D eigenvalue weighted by Crippen LogP contribution is -2.26. The Labute approximate surface area is 108 Å². The summed E-state index contributed by atoms with van der Waals surface area (Å²) in [5.74, 6) is 1.69. The minimum absolute atomic E-state index is 0.0281. The van der Waals surface area contributed by atoms with Crippen molar-refractivity contribution < 1.29 is 9.26 Å². The predicted octanol–water partition coefficient (Wildman–Crippen LogP) is 2.60. The lowest BCUT2D eigenvalue weighted by Gasteiger charge is -2.23. The largest absolute Gasteiger partial charge is 0.370 e. The molecule has 1 unspecified atom stereocenters. The van der Waals surface area contributed by atoms with Crippen molar-refractivity contribution in [3.05, 3.63) is 11.7 Å². The van der Waals surface area contributed by atoms with Crippen molar-refractivity contribution >= 4 is 0 Å². The van der Waals surface area contributed by atoms with E-state index in [2.05, 4.69) is 30.9 Å². The Hall–Kier alpha value is -0.940. The maximum absolute atomic E-state index is 6.11. The molecule has 0 aromatic carbocycles. The maximum Gasteiger partial charge on any atom is 0.244 e. The van der Waals surface area contributed by atoms with Gasteiger partial charge in [0.1, 0.15) is 6.10 Å². The van der Waals surface area contributed by atoms with Crippen LogP contribution in [-0.4, -0.2) is 16.7 Å². The average molecular weight is 253 g/mol. The van der Waals surface area contributed by atoms with Crippen molar-refractivity contribution in [3.8, 4) is 0 Å². The topological polar surface area (TPSA) is 74.2 Å². The van der Waals surface area contributed by atoms with Crippen LogP contribution < -0.4 is 5.73 Å².